The average Bonchev–Trinajstić information content (AvgIpc) is 2.38. The number of ether oxygens (including phenoxy) is 1. The third kappa shape index (κ3) is 3.47. The van der Waals surface area contributed by atoms with Crippen LogP contribution in [-0.4, -0.2) is 11.7 Å². The van der Waals surface area contributed by atoms with Crippen LogP contribution in [0.4, 0.5) is 0 Å². The predicted octanol–water partition coefficient (Wildman–Crippen LogP) is 5.24. The lowest BCUT2D eigenvalue weighted by atomic mass is 10.0. The summed E-state index contributed by atoms with van der Waals surface area (Å²) in [5.41, 5.74) is 1.33. The maximum Gasteiger partial charge on any atom is 0.120 e. The minimum absolute atomic E-state index is 0.436. The van der Waals surface area contributed by atoms with E-state index in [1.807, 2.05) is 25.1 Å². The predicted molar refractivity (Wildman–Crippen MR) is 85.8 cm³/mol. The highest BCUT2D eigenvalue weighted by Crippen LogP contribution is 2.35. The Bertz CT molecular complexity index is 617. The number of rotatable bonds is 4. The van der Waals surface area contributed by atoms with E-state index in [1.165, 1.54) is 0 Å². The van der Waals surface area contributed by atoms with Gasteiger partial charge < -0.3 is 9.84 Å². The first-order valence-electron chi connectivity index (χ1n) is 6.08. The SMILES string of the molecule is CCOc1ccc(C(O)c2ccc(Cl)cc2Cl)c(Br)c1. The largest absolute Gasteiger partial charge is 0.494 e. The normalized spacial score (nSPS) is 12.2. The molecule has 0 aliphatic heterocycles. The zero-order valence-electron chi connectivity index (χ0n) is 10.7. The highest BCUT2D eigenvalue weighted by atomic mass is 79.9. The van der Waals surface area contributed by atoms with Crippen LogP contribution in [0, 0.1) is 0 Å². The maximum absolute atomic E-state index is 10.5. The molecule has 0 fully saturated rings. The lowest BCUT2D eigenvalue weighted by Gasteiger charge is -2.16. The molecule has 0 radical (unpaired) electrons. The molecule has 0 amide bonds. The van der Waals surface area contributed by atoms with E-state index in [0.717, 1.165) is 15.8 Å². The van der Waals surface area contributed by atoms with Gasteiger partial charge in [0.05, 0.1) is 6.61 Å². The minimum Gasteiger partial charge on any atom is -0.494 e. The second kappa shape index (κ2) is 6.81. The summed E-state index contributed by atoms with van der Waals surface area (Å²) < 4.78 is 6.18. The van der Waals surface area contributed by atoms with Crippen LogP contribution < -0.4 is 4.74 Å². The summed E-state index contributed by atoms with van der Waals surface area (Å²) in [6.07, 6.45) is -0.829. The Labute approximate surface area is 136 Å². The van der Waals surface area contributed by atoms with Gasteiger partial charge in [-0.2, -0.15) is 0 Å². The molecule has 0 saturated heterocycles. The first-order valence-corrected chi connectivity index (χ1v) is 7.63. The summed E-state index contributed by atoms with van der Waals surface area (Å²) >= 11 is 15.4. The summed E-state index contributed by atoms with van der Waals surface area (Å²) in [6.45, 7) is 2.52. The Morgan fingerprint density at radius 3 is 2.45 bits per heavy atom. The molecule has 0 aromatic heterocycles. The quantitative estimate of drug-likeness (QED) is 0.792. The van der Waals surface area contributed by atoms with Gasteiger partial charge in [0.2, 0.25) is 0 Å². The number of hydrogen-bond donors (Lipinski definition) is 1. The summed E-state index contributed by atoms with van der Waals surface area (Å²) in [5, 5.41) is 11.4. The van der Waals surface area contributed by atoms with Gasteiger partial charge in [0.1, 0.15) is 11.9 Å². The molecule has 0 bridgehead atoms. The third-order valence-electron chi connectivity index (χ3n) is 2.83. The van der Waals surface area contributed by atoms with Gasteiger partial charge in [0.25, 0.3) is 0 Å². The van der Waals surface area contributed by atoms with Crippen molar-refractivity contribution in [2.45, 2.75) is 13.0 Å². The fourth-order valence-electron chi connectivity index (χ4n) is 1.88. The molecule has 0 aliphatic carbocycles. The maximum atomic E-state index is 10.5. The molecule has 0 heterocycles. The molecular formula is C15H13BrCl2O2. The standard InChI is InChI=1S/C15H13BrCl2O2/c1-2-20-10-4-6-11(13(16)8-10)15(19)12-5-3-9(17)7-14(12)18/h3-8,15,19H,2H2,1H3. The van der Waals surface area contributed by atoms with Crippen LogP contribution in [0.3, 0.4) is 0 Å². The van der Waals surface area contributed by atoms with Gasteiger partial charge in [-0.1, -0.05) is 51.3 Å². The molecule has 20 heavy (non-hydrogen) atoms. The van der Waals surface area contributed by atoms with Crippen LogP contribution in [-0.2, 0) is 0 Å². The number of halogens is 3. The van der Waals surface area contributed by atoms with Crippen molar-refractivity contribution in [3.05, 3.63) is 62.0 Å². The first kappa shape index (κ1) is 15.6. The highest BCUT2D eigenvalue weighted by Gasteiger charge is 2.17. The molecule has 1 unspecified atom stereocenters. The Kier molecular flexibility index (Phi) is 5.33. The first-order chi connectivity index (χ1) is 9.52. The summed E-state index contributed by atoms with van der Waals surface area (Å²) in [6, 6.07) is 10.5. The van der Waals surface area contributed by atoms with Crippen LogP contribution in [0.2, 0.25) is 10.0 Å². The van der Waals surface area contributed by atoms with Crippen molar-refractivity contribution in [2.75, 3.05) is 6.61 Å². The smallest absolute Gasteiger partial charge is 0.120 e. The van der Waals surface area contributed by atoms with Gasteiger partial charge in [-0.25, -0.2) is 0 Å². The second-order valence-corrected chi connectivity index (χ2v) is 5.88. The molecule has 2 nitrogen and oxygen atoms in total. The zero-order chi connectivity index (χ0) is 14.7. The molecule has 2 aromatic rings. The van der Waals surface area contributed by atoms with Crippen molar-refractivity contribution in [2.24, 2.45) is 0 Å². The molecule has 1 N–H and O–H groups in total. The van der Waals surface area contributed by atoms with Crippen LogP contribution in [0.1, 0.15) is 24.2 Å². The molecule has 106 valence electrons. The van der Waals surface area contributed by atoms with Gasteiger partial charge >= 0.3 is 0 Å². The minimum atomic E-state index is -0.829. The van der Waals surface area contributed by atoms with Crippen LogP contribution in [0.5, 0.6) is 5.75 Å². The van der Waals surface area contributed by atoms with Crippen molar-refractivity contribution >= 4 is 39.1 Å². The number of benzene rings is 2. The molecule has 5 heteroatoms. The van der Waals surface area contributed by atoms with E-state index in [2.05, 4.69) is 15.9 Å². The highest BCUT2D eigenvalue weighted by molar-refractivity contribution is 9.10. The van der Waals surface area contributed by atoms with Crippen LogP contribution >= 0.6 is 39.1 Å². The molecule has 1 atom stereocenters. The number of aliphatic hydroxyl groups excluding tert-OH is 1. The van der Waals surface area contributed by atoms with Crippen LogP contribution in [0.25, 0.3) is 0 Å². The lowest BCUT2D eigenvalue weighted by Crippen LogP contribution is -2.02. The molecule has 0 saturated carbocycles. The van der Waals surface area contributed by atoms with Crippen LogP contribution in [0.15, 0.2) is 40.9 Å². The van der Waals surface area contributed by atoms with E-state index in [-0.39, 0.29) is 0 Å². The number of hydrogen-bond acceptors (Lipinski definition) is 2. The summed E-state index contributed by atoms with van der Waals surface area (Å²) in [5.74, 6) is 0.748. The van der Waals surface area contributed by atoms with Gasteiger partial charge in [0.15, 0.2) is 0 Å². The second-order valence-electron chi connectivity index (χ2n) is 4.18. The lowest BCUT2D eigenvalue weighted by molar-refractivity contribution is 0.219. The molecule has 0 aliphatic rings. The van der Waals surface area contributed by atoms with Gasteiger partial charge in [-0.15, -0.1) is 0 Å². The Hall–Kier alpha value is -0.740. The fraction of sp³-hybridized carbons (Fsp3) is 0.200. The average molecular weight is 376 g/mol. The van der Waals surface area contributed by atoms with Gasteiger partial charge in [0, 0.05) is 20.1 Å². The fourth-order valence-corrected chi connectivity index (χ4v) is 2.96. The van der Waals surface area contributed by atoms with Gasteiger partial charge in [-0.3, -0.25) is 0 Å². The molecule has 2 aromatic carbocycles. The monoisotopic (exact) mass is 374 g/mol. The van der Waals surface area contributed by atoms with Crippen molar-refractivity contribution in [1.82, 2.24) is 0 Å². The van der Waals surface area contributed by atoms with Gasteiger partial charge in [-0.05, 0) is 36.8 Å². The van der Waals surface area contributed by atoms with E-state index in [4.69, 9.17) is 27.9 Å². The Balaban J connectivity index is 2.35. The molecular weight excluding hydrogens is 363 g/mol. The van der Waals surface area contributed by atoms with E-state index < -0.39 is 6.10 Å². The van der Waals surface area contributed by atoms with Crippen molar-refractivity contribution < 1.29 is 9.84 Å². The topological polar surface area (TPSA) is 29.5 Å². The molecule has 0 spiro atoms. The van der Waals surface area contributed by atoms with Crippen molar-refractivity contribution in [3.63, 3.8) is 0 Å². The Morgan fingerprint density at radius 1 is 1.15 bits per heavy atom. The van der Waals surface area contributed by atoms with E-state index in [9.17, 15) is 5.11 Å². The van der Waals surface area contributed by atoms with E-state index >= 15 is 0 Å². The Morgan fingerprint density at radius 2 is 1.85 bits per heavy atom. The van der Waals surface area contributed by atoms with Crippen molar-refractivity contribution in [3.8, 4) is 5.75 Å². The third-order valence-corrected chi connectivity index (χ3v) is 4.08. The number of aliphatic hydroxyl groups is 1. The molecule has 2 rings (SSSR count). The van der Waals surface area contributed by atoms with E-state index in [1.54, 1.807) is 18.2 Å². The zero-order valence-corrected chi connectivity index (χ0v) is 13.8. The van der Waals surface area contributed by atoms with Crippen molar-refractivity contribution in [1.29, 1.82) is 0 Å². The summed E-state index contributed by atoms with van der Waals surface area (Å²) in [7, 11) is 0. The van der Waals surface area contributed by atoms with E-state index in [0.29, 0.717) is 22.2 Å². The summed E-state index contributed by atoms with van der Waals surface area (Å²) in [4.78, 5) is 0.